The molecule has 3 rings (SSSR count). The summed E-state index contributed by atoms with van der Waals surface area (Å²) in [6.07, 6.45) is 2.76. The summed E-state index contributed by atoms with van der Waals surface area (Å²) >= 11 is 1.00. The van der Waals surface area contributed by atoms with Gasteiger partial charge < -0.3 is 9.84 Å². The highest BCUT2D eigenvalue weighted by atomic mass is 32.2. The van der Waals surface area contributed by atoms with E-state index in [0.717, 1.165) is 16.9 Å². The van der Waals surface area contributed by atoms with Gasteiger partial charge in [0, 0.05) is 25.1 Å². The second-order valence-electron chi connectivity index (χ2n) is 7.43. The Bertz CT molecular complexity index is 1200. The first-order valence-electron chi connectivity index (χ1n) is 10.3. The van der Waals surface area contributed by atoms with E-state index in [9.17, 15) is 23.1 Å². The number of esters is 1. The lowest BCUT2D eigenvalue weighted by atomic mass is 9.85. The Kier molecular flexibility index (Phi) is 8.01. The Balaban J connectivity index is 1.75. The fourth-order valence-corrected chi connectivity index (χ4v) is 5.71. The Morgan fingerprint density at radius 1 is 1.21 bits per heavy atom. The molecule has 0 amide bonds. The van der Waals surface area contributed by atoms with Crippen LogP contribution in [0.1, 0.15) is 42.1 Å². The molecule has 0 radical (unpaired) electrons. The molecule has 3 aromatic rings. The lowest BCUT2D eigenvalue weighted by Gasteiger charge is -2.23. The first-order chi connectivity index (χ1) is 15.7. The Hall–Kier alpha value is -3.02. The number of benzene rings is 1. The van der Waals surface area contributed by atoms with E-state index in [0.29, 0.717) is 5.00 Å². The molecular formula is C22H25N3O6S2. The van der Waals surface area contributed by atoms with Crippen molar-refractivity contribution in [3.8, 4) is 5.00 Å². The maximum atomic E-state index is 12.9. The molecule has 2 aromatic heterocycles. The number of nitrogens with one attached hydrogen (secondary N) is 1. The number of carboxylic acids is 1. The number of carbonyl (C=O) groups excluding carboxylic acids is 1. The molecule has 0 bridgehead atoms. The number of aromatic nitrogens is 2. The molecular weight excluding hydrogens is 466 g/mol. The number of hydrogen-bond donors (Lipinski definition) is 2. The third-order valence-electron chi connectivity index (χ3n) is 5.06. The van der Waals surface area contributed by atoms with E-state index in [1.807, 2.05) is 30.3 Å². The third-order valence-corrected chi connectivity index (χ3v) is 8.05. The van der Waals surface area contributed by atoms with Crippen molar-refractivity contribution >= 4 is 33.3 Å². The minimum absolute atomic E-state index is 0.0583. The normalized spacial score (nSPS) is 13.4. The largest absolute Gasteiger partial charge is 0.481 e. The highest BCUT2D eigenvalue weighted by Crippen LogP contribution is 2.29. The van der Waals surface area contributed by atoms with Crippen molar-refractivity contribution in [2.45, 2.75) is 30.4 Å². The van der Waals surface area contributed by atoms with Gasteiger partial charge >= 0.3 is 11.9 Å². The molecule has 0 fully saturated rings. The second kappa shape index (κ2) is 10.7. The number of sulfonamides is 1. The number of carbonyl (C=O) groups is 2. The quantitative estimate of drug-likeness (QED) is 0.394. The summed E-state index contributed by atoms with van der Waals surface area (Å²) in [5, 5.41) is 13.8. The van der Waals surface area contributed by atoms with Gasteiger partial charge in [-0.25, -0.2) is 22.6 Å². The van der Waals surface area contributed by atoms with Crippen molar-refractivity contribution in [1.29, 1.82) is 0 Å². The molecule has 0 saturated heterocycles. The molecule has 33 heavy (non-hydrogen) atoms. The van der Waals surface area contributed by atoms with Crippen molar-refractivity contribution in [3.63, 3.8) is 0 Å². The molecule has 0 aliphatic heterocycles. The SMILES string of the molecule is CCOC(=O)c1cnn(-c2ccc(S(=O)(=O)NC[C@@H](c3ccccc3)C(C)CC(=O)O)s2)c1. The fraction of sp³-hybridized carbons (Fsp3) is 0.318. The summed E-state index contributed by atoms with van der Waals surface area (Å²) in [6, 6.07) is 12.3. The molecule has 0 aliphatic rings. The van der Waals surface area contributed by atoms with Gasteiger partial charge in [-0.3, -0.25) is 4.79 Å². The highest BCUT2D eigenvalue weighted by Gasteiger charge is 2.25. The maximum Gasteiger partial charge on any atom is 0.341 e. The van der Waals surface area contributed by atoms with Crippen LogP contribution in [-0.2, 0) is 19.6 Å². The van der Waals surface area contributed by atoms with Crippen molar-refractivity contribution in [1.82, 2.24) is 14.5 Å². The van der Waals surface area contributed by atoms with Gasteiger partial charge in [0.05, 0.1) is 18.4 Å². The average Bonchev–Trinajstić information content (AvgIpc) is 3.44. The standard InChI is InChI=1S/C22H25N3O6S2/c1-3-31-22(28)17-12-23-25(14-17)19-9-10-21(32-19)33(29,30)24-13-18(15(2)11-20(26)27)16-7-5-4-6-8-16/h4-10,12,14-15,18,24H,3,11,13H2,1-2H3,(H,26,27)/t15?,18-/m1/s1. The van der Waals surface area contributed by atoms with Gasteiger partial charge in [-0.05, 0) is 30.5 Å². The van der Waals surface area contributed by atoms with Crippen LogP contribution in [0, 0.1) is 5.92 Å². The minimum Gasteiger partial charge on any atom is -0.481 e. The second-order valence-corrected chi connectivity index (χ2v) is 10.5. The molecule has 0 spiro atoms. The van der Waals surface area contributed by atoms with Crippen LogP contribution < -0.4 is 4.72 Å². The van der Waals surface area contributed by atoms with Crippen molar-refractivity contribution in [2.24, 2.45) is 5.92 Å². The molecule has 0 aliphatic carbocycles. The zero-order valence-electron chi connectivity index (χ0n) is 18.2. The molecule has 0 saturated carbocycles. The van der Waals surface area contributed by atoms with Crippen LogP contribution in [-0.4, -0.2) is 48.4 Å². The Labute approximate surface area is 196 Å². The van der Waals surface area contributed by atoms with Crippen molar-refractivity contribution in [3.05, 3.63) is 66.0 Å². The lowest BCUT2D eigenvalue weighted by Crippen LogP contribution is -2.31. The fourth-order valence-electron chi connectivity index (χ4n) is 3.38. The van der Waals surface area contributed by atoms with Gasteiger partial charge in [-0.1, -0.05) is 37.3 Å². The number of ether oxygens (including phenoxy) is 1. The van der Waals surface area contributed by atoms with Gasteiger partial charge in [0.2, 0.25) is 10.0 Å². The van der Waals surface area contributed by atoms with E-state index in [2.05, 4.69) is 9.82 Å². The van der Waals surface area contributed by atoms with Crippen LogP contribution in [0.2, 0.25) is 0 Å². The van der Waals surface area contributed by atoms with Gasteiger partial charge in [0.15, 0.2) is 0 Å². The zero-order valence-corrected chi connectivity index (χ0v) is 19.8. The van der Waals surface area contributed by atoms with Crippen LogP contribution in [0.5, 0.6) is 0 Å². The molecule has 2 N–H and O–H groups in total. The smallest absolute Gasteiger partial charge is 0.341 e. The van der Waals surface area contributed by atoms with Crippen LogP contribution in [0.4, 0.5) is 0 Å². The summed E-state index contributed by atoms with van der Waals surface area (Å²) in [6.45, 7) is 3.80. The van der Waals surface area contributed by atoms with E-state index < -0.39 is 22.0 Å². The molecule has 9 nitrogen and oxygen atoms in total. The van der Waals surface area contributed by atoms with Gasteiger partial charge in [-0.15, -0.1) is 11.3 Å². The Morgan fingerprint density at radius 2 is 1.94 bits per heavy atom. The van der Waals surface area contributed by atoms with E-state index in [4.69, 9.17) is 4.74 Å². The minimum atomic E-state index is -3.84. The number of carboxylic acid groups (broad SMARTS) is 1. The van der Waals surface area contributed by atoms with Crippen LogP contribution in [0.25, 0.3) is 5.00 Å². The summed E-state index contributed by atoms with van der Waals surface area (Å²) in [4.78, 5) is 23.0. The first kappa shape index (κ1) is 24.6. The van der Waals surface area contributed by atoms with Gasteiger partial charge in [-0.2, -0.15) is 5.10 Å². The Morgan fingerprint density at radius 3 is 2.61 bits per heavy atom. The van der Waals surface area contributed by atoms with E-state index in [1.54, 1.807) is 19.9 Å². The number of aliphatic carboxylic acids is 1. The maximum absolute atomic E-state index is 12.9. The predicted molar refractivity (Wildman–Crippen MR) is 123 cm³/mol. The van der Waals surface area contributed by atoms with Crippen molar-refractivity contribution < 1.29 is 27.9 Å². The van der Waals surface area contributed by atoms with E-state index in [1.165, 1.54) is 23.1 Å². The molecule has 1 unspecified atom stereocenters. The summed E-state index contributed by atoms with van der Waals surface area (Å²) in [5.74, 6) is -2.03. The molecule has 2 atom stereocenters. The van der Waals surface area contributed by atoms with Crippen LogP contribution in [0.15, 0.2) is 59.1 Å². The average molecular weight is 492 g/mol. The number of nitrogens with zero attached hydrogens (tertiary/aromatic N) is 2. The molecule has 11 heteroatoms. The summed E-state index contributed by atoms with van der Waals surface area (Å²) in [7, 11) is -3.84. The molecule has 176 valence electrons. The monoisotopic (exact) mass is 491 g/mol. The van der Waals surface area contributed by atoms with Gasteiger partial charge in [0.1, 0.15) is 9.21 Å². The van der Waals surface area contributed by atoms with Crippen LogP contribution >= 0.6 is 11.3 Å². The molecule has 1 aromatic carbocycles. The lowest BCUT2D eigenvalue weighted by molar-refractivity contribution is -0.138. The predicted octanol–water partition coefficient (Wildman–Crippen LogP) is 3.28. The summed E-state index contributed by atoms with van der Waals surface area (Å²) < 4.78 is 34.9. The number of thiophene rings is 1. The number of hydrogen-bond acceptors (Lipinski definition) is 7. The van der Waals surface area contributed by atoms with Crippen LogP contribution in [0.3, 0.4) is 0 Å². The topological polar surface area (TPSA) is 128 Å². The first-order valence-corrected chi connectivity index (χ1v) is 12.6. The van der Waals surface area contributed by atoms with Gasteiger partial charge in [0.25, 0.3) is 0 Å². The van der Waals surface area contributed by atoms with Crippen molar-refractivity contribution in [2.75, 3.05) is 13.2 Å². The zero-order chi connectivity index (χ0) is 24.0. The van der Waals surface area contributed by atoms with E-state index >= 15 is 0 Å². The van der Waals surface area contributed by atoms with E-state index in [-0.39, 0.29) is 41.2 Å². The number of rotatable bonds is 11. The summed E-state index contributed by atoms with van der Waals surface area (Å²) in [5.41, 5.74) is 1.13. The highest BCUT2D eigenvalue weighted by molar-refractivity contribution is 7.91. The molecule has 2 heterocycles. The third kappa shape index (κ3) is 6.28.